The van der Waals surface area contributed by atoms with Crippen molar-refractivity contribution in [3.8, 4) is 0 Å². The summed E-state index contributed by atoms with van der Waals surface area (Å²) in [5.74, 6) is -0.208. The van der Waals surface area contributed by atoms with Crippen molar-refractivity contribution in [1.82, 2.24) is 5.32 Å². The Morgan fingerprint density at radius 1 is 0.957 bits per heavy atom. The fraction of sp³-hybridized carbons (Fsp3) is 0.278. The summed E-state index contributed by atoms with van der Waals surface area (Å²) in [6, 6.07) is 15.7. The highest BCUT2D eigenvalue weighted by Crippen LogP contribution is 2.23. The molecule has 0 bridgehead atoms. The van der Waals surface area contributed by atoms with E-state index in [1.807, 2.05) is 44.2 Å². The van der Waals surface area contributed by atoms with Crippen LogP contribution in [0.2, 0.25) is 0 Å². The van der Waals surface area contributed by atoms with Gasteiger partial charge in [-0.15, -0.1) is 0 Å². The van der Waals surface area contributed by atoms with Crippen LogP contribution in [-0.2, 0) is 9.84 Å². The predicted molar refractivity (Wildman–Crippen MR) is 91.0 cm³/mol. The van der Waals surface area contributed by atoms with Gasteiger partial charge in [0.05, 0.1) is 16.5 Å². The van der Waals surface area contributed by atoms with E-state index in [-0.39, 0.29) is 28.3 Å². The first-order valence-electron chi connectivity index (χ1n) is 7.45. The first kappa shape index (κ1) is 17.2. The quantitative estimate of drug-likeness (QED) is 0.915. The lowest BCUT2D eigenvalue weighted by Gasteiger charge is -2.23. The summed E-state index contributed by atoms with van der Waals surface area (Å²) in [6.07, 6.45) is 1.11. The first-order chi connectivity index (χ1) is 10.8. The predicted octanol–water partition coefficient (Wildman–Crippen LogP) is 3.22. The largest absolute Gasteiger partial charge is 0.345 e. The number of hydrogen-bond donors (Lipinski definition) is 1. The summed E-state index contributed by atoms with van der Waals surface area (Å²) < 4.78 is 23.7. The molecule has 2 aromatic carbocycles. The molecule has 1 N–H and O–H groups in total. The van der Waals surface area contributed by atoms with Crippen LogP contribution in [0.5, 0.6) is 0 Å². The zero-order valence-electron chi connectivity index (χ0n) is 13.5. The second kappa shape index (κ2) is 6.96. The molecular formula is C18H21NO3S. The van der Waals surface area contributed by atoms with Gasteiger partial charge < -0.3 is 5.32 Å². The van der Waals surface area contributed by atoms with Crippen molar-refractivity contribution in [2.75, 3.05) is 6.26 Å². The molecule has 1 amide bonds. The molecule has 0 radical (unpaired) electrons. The van der Waals surface area contributed by atoms with Crippen LogP contribution in [0.15, 0.2) is 59.5 Å². The zero-order chi connectivity index (χ0) is 17.0. The molecular weight excluding hydrogens is 310 g/mol. The monoisotopic (exact) mass is 331 g/mol. The number of benzene rings is 2. The first-order valence-corrected chi connectivity index (χ1v) is 9.34. The molecule has 2 aromatic rings. The van der Waals surface area contributed by atoms with E-state index in [1.165, 1.54) is 12.1 Å². The minimum atomic E-state index is -3.46. The van der Waals surface area contributed by atoms with Crippen molar-refractivity contribution >= 4 is 15.7 Å². The maximum Gasteiger partial charge on any atom is 0.253 e. The van der Waals surface area contributed by atoms with Crippen molar-refractivity contribution in [2.24, 2.45) is 5.92 Å². The van der Waals surface area contributed by atoms with Crippen LogP contribution in [0.25, 0.3) is 0 Å². The van der Waals surface area contributed by atoms with Crippen molar-refractivity contribution in [3.05, 3.63) is 65.7 Å². The van der Waals surface area contributed by atoms with E-state index in [4.69, 9.17) is 0 Å². The summed E-state index contributed by atoms with van der Waals surface area (Å²) in [4.78, 5) is 12.7. The highest BCUT2D eigenvalue weighted by molar-refractivity contribution is 7.90. The molecule has 23 heavy (non-hydrogen) atoms. The summed E-state index contributed by atoms with van der Waals surface area (Å²) in [5, 5.41) is 2.96. The van der Waals surface area contributed by atoms with Crippen LogP contribution in [-0.4, -0.2) is 20.6 Å². The second-order valence-corrected chi connectivity index (χ2v) is 7.86. The number of nitrogens with one attached hydrogen (secondary N) is 1. The lowest BCUT2D eigenvalue weighted by Crippen LogP contribution is -2.32. The minimum absolute atomic E-state index is 0.0491. The zero-order valence-corrected chi connectivity index (χ0v) is 14.3. The van der Waals surface area contributed by atoms with Crippen LogP contribution in [0.3, 0.4) is 0 Å². The lowest BCUT2D eigenvalue weighted by molar-refractivity contribution is 0.0922. The lowest BCUT2D eigenvalue weighted by atomic mass is 9.95. The number of rotatable bonds is 5. The molecule has 0 aliphatic heterocycles. The fourth-order valence-corrected chi connectivity index (χ4v) is 3.38. The van der Waals surface area contributed by atoms with Gasteiger partial charge in [0.1, 0.15) is 0 Å². The van der Waals surface area contributed by atoms with Crippen LogP contribution >= 0.6 is 0 Å². The van der Waals surface area contributed by atoms with E-state index >= 15 is 0 Å². The number of sulfone groups is 1. The maximum atomic E-state index is 12.6. The van der Waals surface area contributed by atoms with E-state index in [0.717, 1.165) is 11.8 Å². The molecule has 1 atom stereocenters. The summed E-state index contributed by atoms with van der Waals surface area (Å²) in [7, 11) is -3.46. The van der Waals surface area contributed by atoms with E-state index in [2.05, 4.69) is 5.32 Å². The number of carbonyl (C=O) groups is 1. The van der Waals surface area contributed by atoms with E-state index in [0.29, 0.717) is 0 Å². The van der Waals surface area contributed by atoms with Crippen LogP contribution in [0, 0.1) is 5.92 Å². The Morgan fingerprint density at radius 3 is 2.09 bits per heavy atom. The Bertz CT molecular complexity index is 783. The van der Waals surface area contributed by atoms with Crippen molar-refractivity contribution in [2.45, 2.75) is 24.8 Å². The van der Waals surface area contributed by atoms with E-state index in [1.54, 1.807) is 12.1 Å². The molecule has 0 saturated heterocycles. The average molecular weight is 331 g/mol. The molecule has 0 spiro atoms. The second-order valence-electron chi connectivity index (χ2n) is 5.87. The van der Waals surface area contributed by atoms with Gasteiger partial charge in [-0.05, 0) is 23.6 Å². The van der Waals surface area contributed by atoms with Crippen LogP contribution in [0.4, 0.5) is 0 Å². The molecule has 0 saturated carbocycles. The van der Waals surface area contributed by atoms with Gasteiger partial charge in [-0.25, -0.2) is 8.42 Å². The van der Waals surface area contributed by atoms with Crippen molar-refractivity contribution < 1.29 is 13.2 Å². The Hall–Kier alpha value is -2.14. The number of carbonyl (C=O) groups excluding carboxylic acids is 1. The molecule has 0 aromatic heterocycles. The SMILES string of the molecule is CC(C)C(NC(=O)c1ccccc1S(C)(=O)=O)c1ccccc1. The van der Waals surface area contributed by atoms with Gasteiger partial charge in [0, 0.05) is 6.26 Å². The number of amides is 1. The Balaban J connectivity index is 2.35. The van der Waals surface area contributed by atoms with Gasteiger partial charge in [-0.2, -0.15) is 0 Å². The third-order valence-corrected chi connectivity index (χ3v) is 4.80. The summed E-state index contributed by atoms with van der Waals surface area (Å²) in [5.41, 5.74) is 1.17. The fourth-order valence-electron chi connectivity index (χ4n) is 2.49. The molecule has 2 rings (SSSR count). The molecule has 0 heterocycles. The van der Waals surface area contributed by atoms with E-state index in [9.17, 15) is 13.2 Å². The van der Waals surface area contributed by atoms with Crippen molar-refractivity contribution in [1.29, 1.82) is 0 Å². The molecule has 0 aliphatic carbocycles. The summed E-state index contributed by atoms with van der Waals surface area (Å²) in [6.45, 7) is 4.03. The molecule has 122 valence electrons. The van der Waals surface area contributed by atoms with Gasteiger partial charge >= 0.3 is 0 Å². The van der Waals surface area contributed by atoms with Crippen LogP contribution < -0.4 is 5.32 Å². The highest BCUT2D eigenvalue weighted by atomic mass is 32.2. The molecule has 1 unspecified atom stereocenters. The molecule has 0 aliphatic rings. The van der Waals surface area contributed by atoms with Gasteiger partial charge in [-0.1, -0.05) is 56.3 Å². The van der Waals surface area contributed by atoms with E-state index < -0.39 is 9.84 Å². The third kappa shape index (κ3) is 4.20. The summed E-state index contributed by atoms with van der Waals surface area (Å²) >= 11 is 0. The van der Waals surface area contributed by atoms with Crippen molar-refractivity contribution in [3.63, 3.8) is 0 Å². The Labute approximate surface area is 137 Å². The van der Waals surface area contributed by atoms with Crippen LogP contribution in [0.1, 0.15) is 35.8 Å². The Morgan fingerprint density at radius 2 is 1.52 bits per heavy atom. The van der Waals surface area contributed by atoms with Gasteiger partial charge in [0.2, 0.25) is 0 Å². The highest BCUT2D eigenvalue weighted by Gasteiger charge is 2.23. The third-order valence-electron chi connectivity index (χ3n) is 3.64. The topological polar surface area (TPSA) is 63.2 Å². The minimum Gasteiger partial charge on any atom is -0.345 e. The normalized spacial score (nSPS) is 12.9. The van der Waals surface area contributed by atoms with Gasteiger partial charge in [0.25, 0.3) is 5.91 Å². The smallest absolute Gasteiger partial charge is 0.253 e. The standard InChI is InChI=1S/C18H21NO3S/c1-13(2)17(14-9-5-4-6-10-14)19-18(20)15-11-7-8-12-16(15)23(3,21)22/h4-13,17H,1-3H3,(H,19,20). The Kier molecular flexibility index (Phi) is 5.21. The number of hydrogen-bond acceptors (Lipinski definition) is 3. The van der Waals surface area contributed by atoms with Gasteiger partial charge in [-0.3, -0.25) is 4.79 Å². The molecule has 0 fully saturated rings. The molecule has 5 heteroatoms. The molecule has 4 nitrogen and oxygen atoms in total. The van der Waals surface area contributed by atoms with Gasteiger partial charge in [0.15, 0.2) is 9.84 Å². The maximum absolute atomic E-state index is 12.6. The average Bonchev–Trinajstić information content (AvgIpc) is 2.52.